The number of nitro groups is 1. The Morgan fingerprint density at radius 2 is 2.07 bits per heavy atom. The number of benzene rings is 1. The zero-order valence-corrected chi connectivity index (χ0v) is 14.6. The van der Waals surface area contributed by atoms with Crippen LogP contribution in [0, 0.1) is 10.1 Å². The van der Waals surface area contributed by atoms with Crippen molar-refractivity contribution < 1.29 is 4.92 Å². The van der Waals surface area contributed by atoms with Crippen LogP contribution < -0.4 is 10.2 Å². The van der Waals surface area contributed by atoms with Gasteiger partial charge in [-0.25, -0.2) is 9.97 Å². The first-order valence-electron chi connectivity index (χ1n) is 8.71. The number of pyridine rings is 1. The van der Waals surface area contributed by atoms with Crippen LogP contribution in [0.15, 0.2) is 55.1 Å². The van der Waals surface area contributed by atoms with Crippen molar-refractivity contribution in [2.75, 3.05) is 16.8 Å². The van der Waals surface area contributed by atoms with Crippen LogP contribution in [0.2, 0.25) is 0 Å². The SMILES string of the molecule is O=[N+]([O-])c1c(NCc2cccnc2)ncnc1N1CCCc2ccccc21. The van der Waals surface area contributed by atoms with E-state index in [4.69, 9.17) is 0 Å². The lowest BCUT2D eigenvalue weighted by atomic mass is 10.0. The number of nitrogens with zero attached hydrogens (tertiary/aromatic N) is 5. The summed E-state index contributed by atoms with van der Waals surface area (Å²) >= 11 is 0. The highest BCUT2D eigenvalue weighted by atomic mass is 16.6. The molecule has 0 unspecified atom stereocenters. The topological polar surface area (TPSA) is 97.1 Å². The van der Waals surface area contributed by atoms with Crippen molar-refractivity contribution in [3.8, 4) is 0 Å². The molecule has 2 aromatic heterocycles. The number of hydrogen-bond donors (Lipinski definition) is 1. The van der Waals surface area contributed by atoms with Crippen LogP contribution in [0.1, 0.15) is 17.5 Å². The number of para-hydroxylation sites is 1. The number of aromatic nitrogens is 3. The average Bonchev–Trinajstić information content (AvgIpc) is 2.72. The van der Waals surface area contributed by atoms with Crippen LogP contribution in [0.4, 0.5) is 23.0 Å². The van der Waals surface area contributed by atoms with Gasteiger partial charge in [0.1, 0.15) is 6.33 Å². The fraction of sp³-hybridized carbons (Fsp3) is 0.211. The van der Waals surface area contributed by atoms with E-state index in [0.29, 0.717) is 18.9 Å². The van der Waals surface area contributed by atoms with Crippen LogP contribution in [-0.4, -0.2) is 26.4 Å². The van der Waals surface area contributed by atoms with Gasteiger partial charge < -0.3 is 10.2 Å². The van der Waals surface area contributed by atoms with E-state index in [1.807, 2.05) is 35.2 Å². The number of rotatable bonds is 5. The molecule has 3 aromatic rings. The molecule has 3 heterocycles. The minimum absolute atomic E-state index is 0.113. The Morgan fingerprint density at radius 3 is 2.89 bits per heavy atom. The van der Waals surface area contributed by atoms with Gasteiger partial charge in [-0.05, 0) is 36.1 Å². The molecule has 0 bridgehead atoms. The van der Waals surface area contributed by atoms with Crippen molar-refractivity contribution in [3.05, 3.63) is 76.4 Å². The van der Waals surface area contributed by atoms with Crippen LogP contribution in [0.25, 0.3) is 0 Å². The number of fused-ring (bicyclic) bond motifs is 1. The number of hydrogen-bond acceptors (Lipinski definition) is 7. The van der Waals surface area contributed by atoms with Crippen molar-refractivity contribution in [2.24, 2.45) is 0 Å². The summed E-state index contributed by atoms with van der Waals surface area (Å²) in [5.74, 6) is 0.521. The predicted octanol–water partition coefficient (Wildman–Crippen LogP) is 3.48. The first-order valence-corrected chi connectivity index (χ1v) is 8.71. The molecule has 1 N–H and O–H groups in total. The molecule has 8 heteroatoms. The quantitative estimate of drug-likeness (QED) is 0.548. The van der Waals surface area contributed by atoms with E-state index >= 15 is 0 Å². The molecule has 0 saturated carbocycles. The van der Waals surface area contributed by atoms with E-state index in [-0.39, 0.29) is 11.5 Å². The van der Waals surface area contributed by atoms with E-state index < -0.39 is 4.92 Å². The third-order valence-electron chi connectivity index (χ3n) is 4.53. The second-order valence-electron chi connectivity index (χ2n) is 6.25. The summed E-state index contributed by atoms with van der Waals surface area (Å²) in [7, 11) is 0. The lowest BCUT2D eigenvalue weighted by Gasteiger charge is -2.30. The third kappa shape index (κ3) is 3.41. The van der Waals surface area contributed by atoms with Gasteiger partial charge in [-0.3, -0.25) is 15.1 Å². The monoisotopic (exact) mass is 362 g/mol. The number of nitrogens with one attached hydrogen (secondary N) is 1. The lowest BCUT2D eigenvalue weighted by Crippen LogP contribution is -2.26. The van der Waals surface area contributed by atoms with Gasteiger partial charge in [0.2, 0.25) is 11.6 Å². The van der Waals surface area contributed by atoms with Gasteiger partial charge in [0.15, 0.2) is 0 Å². The lowest BCUT2D eigenvalue weighted by molar-refractivity contribution is -0.383. The first kappa shape index (κ1) is 16.9. The highest BCUT2D eigenvalue weighted by Crippen LogP contribution is 2.39. The van der Waals surface area contributed by atoms with Gasteiger partial charge in [0.25, 0.3) is 0 Å². The van der Waals surface area contributed by atoms with E-state index in [1.165, 1.54) is 11.9 Å². The van der Waals surface area contributed by atoms with Crippen molar-refractivity contribution >= 4 is 23.0 Å². The largest absolute Gasteiger partial charge is 0.360 e. The predicted molar refractivity (Wildman–Crippen MR) is 102 cm³/mol. The summed E-state index contributed by atoms with van der Waals surface area (Å²) < 4.78 is 0. The summed E-state index contributed by atoms with van der Waals surface area (Å²) in [6.45, 7) is 1.07. The minimum atomic E-state index is -0.419. The van der Waals surface area contributed by atoms with Crippen LogP contribution in [0.3, 0.4) is 0 Å². The van der Waals surface area contributed by atoms with Gasteiger partial charge in [-0.15, -0.1) is 0 Å². The standard InChI is InChI=1S/C19H18N6O2/c26-25(27)17-18(21-12-14-5-3-9-20-11-14)22-13-23-19(17)24-10-4-7-15-6-1-2-8-16(15)24/h1-3,5-6,8-9,11,13H,4,7,10,12H2,(H,21,22,23). The van der Waals surface area contributed by atoms with Crippen molar-refractivity contribution in [3.63, 3.8) is 0 Å². The maximum Gasteiger partial charge on any atom is 0.353 e. The molecule has 0 fully saturated rings. The van der Waals surface area contributed by atoms with Gasteiger partial charge in [-0.2, -0.15) is 0 Å². The molecule has 0 aliphatic carbocycles. The van der Waals surface area contributed by atoms with E-state index in [0.717, 1.165) is 24.1 Å². The second-order valence-corrected chi connectivity index (χ2v) is 6.25. The highest BCUT2D eigenvalue weighted by molar-refractivity contribution is 5.77. The molecule has 136 valence electrons. The van der Waals surface area contributed by atoms with Crippen molar-refractivity contribution in [1.29, 1.82) is 0 Å². The Hall–Kier alpha value is -3.55. The molecule has 1 aromatic carbocycles. The zero-order valence-electron chi connectivity index (χ0n) is 14.6. The summed E-state index contributed by atoms with van der Waals surface area (Å²) in [5, 5.41) is 14.9. The molecular formula is C19H18N6O2. The van der Waals surface area contributed by atoms with Gasteiger partial charge in [0.05, 0.1) is 4.92 Å². The Balaban J connectivity index is 1.71. The average molecular weight is 362 g/mol. The molecule has 27 heavy (non-hydrogen) atoms. The van der Waals surface area contributed by atoms with Crippen molar-refractivity contribution in [2.45, 2.75) is 19.4 Å². The highest BCUT2D eigenvalue weighted by Gasteiger charge is 2.30. The minimum Gasteiger partial charge on any atom is -0.360 e. The van der Waals surface area contributed by atoms with E-state index in [9.17, 15) is 10.1 Å². The normalized spacial score (nSPS) is 13.1. The molecule has 4 rings (SSSR count). The molecule has 8 nitrogen and oxygen atoms in total. The second kappa shape index (κ2) is 7.36. The molecular weight excluding hydrogens is 344 g/mol. The van der Waals surface area contributed by atoms with Gasteiger partial charge in [-0.1, -0.05) is 24.3 Å². The molecule has 0 spiro atoms. The number of aryl methyl sites for hydroxylation is 1. The van der Waals surface area contributed by atoms with Crippen LogP contribution >= 0.6 is 0 Å². The summed E-state index contributed by atoms with van der Waals surface area (Å²) in [6.07, 6.45) is 6.63. The number of anilines is 3. The molecule has 1 aliphatic rings. The maximum absolute atomic E-state index is 11.9. The Labute approximate surface area is 156 Å². The van der Waals surface area contributed by atoms with Crippen LogP contribution in [-0.2, 0) is 13.0 Å². The molecule has 1 aliphatic heterocycles. The molecule has 0 saturated heterocycles. The third-order valence-corrected chi connectivity index (χ3v) is 4.53. The van der Waals surface area contributed by atoms with Gasteiger partial charge in [0, 0.05) is 31.2 Å². The summed E-state index contributed by atoms with van der Waals surface area (Å²) in [5.41, 5.74) is 2.93. The molecule has 0 radical (unpaired) electrons. The first-order chi connectivity index (χ1) is 13.2. The van der Waals surface area contributed by atoms with E-state index in [1.54, 1.807) is 12.4 Å². The van der Waals surface area contributed by atoms with Crippen molar-refractivity contribution in [1.82, 2.24) is 15.0 Å². The fourth-order valence-corrected chi connectivity index (χ4v) is 3.31. The zero-order chi connectivity index (χ0) is 18.6. The summed E-state index contributed by atoms with van der Waals surface area (Å²) in [4.78, 5) is 25.8. The Morgan fingerprint density at radius 1 is 1.19 bits per heavy atom. The van der Waals surface area contributed by atoms with E-state index in [2.05, 4.69) is 26.3 Å². The van der Waals surface area contributed by atoms with Crippen LogP contribution in [0.5, 0.6) is 0 Å². The van der Waals surface area contributed by atoms with Gasteiger partial charge >= 0.3 is 5.69 Å². The Kier molecular flexibility index (Phi) is 4.61. The molecule has 0 amide bonds. The maximum atomic E-state index is 11.9. The molecule has 0 atom stereocenters. The Bertz CT molecular complexity index is 963. The summed E-state index contributed by atoms with van der Waals surface area (Å²) in [6, 6.07) is 11.7. The fourth-order valence-electron chi connectivity index (χ4n) is 3.31. The smallest absolute Gasteiger partial charge is 0.353 e.